The van der Waals surface area contributed by atoms with Gasteiger partial charge in [-0.25, -0.2) is 0 Å². The van der Waals surface area contributed by atoms with Gasteiger partial charge in [-0.2, -0.15) is 0 Å². The van der Waals surface area contributed by atoms with Crippen molar-refractivity contribution in [3.63, 3.8) is 0 Å². The molecule has 0 aliphatic heterocycles. The second kappa shape index (κ2) is 8.18. The van der Waals surface area contributed by atoms with Gasteiger partial charge in [0.25, 0.3) is 0 Å². The minimum absolute atomic E-state index is 0. The molecule has 1 rings (SSSR count). The fourth-order valence-corrected chi connectivity index (χ4v) is 1.74. The Morgan fingerprint density at radius 3 is 2.16 bits per heavy atom. The summed E-state index contributed by atoms with van der Waals surface area (Å²) in [5.74, 6) is 0.0664. The third kappa shape index (κ3) is 5.21. The van der Waals surface area contributed by atoms with E-state index in [-0.39, 0.29) is 30.3 Å². The van der Waals surface area contributed by atoms with Crippen LogP contribution in [0.5, 0.6) is 0 Å². The smallest absolute Gasteiger partial charge is 0.237 e. The molecule has 1 aromatic carbocycles. The number of halogens is 1. The van der Waals surface area contributed by atoms with E-state index in [1.54, 1.807) is 0 Å². The number of carbonyl (C=O) groups excluding carboxylic acids is 1. The Bertz CT molecular complexity index is 390. The molecule has 3 nitrogen and oxygen atoms in total. The zero-order chi connectivity index (χ0) is 13.7. The van der Waals surface area contributed by atoms with Crippen molar-refractivity contribution >= 4 is 18.3 Å². The molecule has 108 valence electrons. The van der Waals surface area contributed by atoms with Crippen molar-refractivity contribution in [3.05, 3.63) is 35.4 Å². The van der Waals surface area contributed by atoms with Gasteiger partial charge in [-0.1, -0.05) is 45.0 Å². The molecule has 0 heterocycles. The molecular formula is C15H25ClN2O. The number of rotatable bonds is 5. The average Bonchev–Trinajstić information content (AvgIpc) is 2.37. The molecule has 0 saturated heterocycles. The molecule has 0 bridgehead atoms. The van der Waals surface area contributed by atoms with Gasteiger partial charge in [0.15, 0.2) is 0 Å². The van der Waals surface area contributed by atoms with Gasteiger partial charge in [-0.15, -0.1) is 12.4 Å². The lowest BCUT2D eigenvalue weighted by Gasteiger charge is -2.20. The number of nitrogens with one attached hydrogen (secondary N) is 1. The van der Waals surface area contributed by atoms with Crippen molar-refractivity contribution in [2.24, 2.45) is 11.7 Å². The summed E-state index contributed by atoms with van der Waals surface area (Å²) in [5.41, 5.74) is 8.23. The first-order valence-electron chi connectivity index (χ1n) is 6.60. The highest BCUT2D eigenvalue weighted by atomic mass is 35.5. The topological polar surface area (TPSA) is 55.1 Å². The van der Waals surface area contributed by atoms with E-state index in [2.05, 4.69) is 36.5 Å². The molecule has 0 saturated carbocycles. The third-order valence-electron chi connectivity index (χ3n) is 3.27. The number of hydrogen-bond donors (Lipinski definition) is 2. The molecule has 2 atom stereocenters. The quantitative estimate of drug-likeness (QED) is 0.873. The Labute approximate surface area is 122 Å². The van der Waals surface area contributed by atoms with Crippen molar-refractivity contribution in [3.8, 4) is 0 Å². The van der Waals surface area contributed by atoms with E-state index < -0.39 is 6.04 Å². The van der Waals surface area contributed by atoms with E-state index >= 15 is 0 Å². The first-order chi connectivity index (χ1) is 8.45. The first-order valence-corrected chi connectivity index (χ1v) is 6.60. The summed E-state index contributed by atoms with van der Waals surface area (Å²) in [7, 11) is 0. The van der Waals surface area contributed by atoms with Crippen LogP contribution >= 0.6 is 12.4 Å². The molecule has 19 heavy (non-hydrogen) atoms. The summed E-state index contributed by atoms with van der Waals surface area (Å²) in [4.78, 5) is 11.9. The van der Waals surface area contributed by atoms with Gasteiger partial charge in [0.2, 0.25) is 5.91 Å². The molecule has 1 aromatic rings. The van der Waals surface area contributed by atoms with Gasteiger partial charge in [0, 0.05) is 0 Å². The molecule has 0 aromatic heterocycles. The largest absolute Gasteiger partial charge is 0.348 e. The lowest BCUT2D eigenvalue weighted by atomic mass is 10.0. The summed E-state index contributed by atoms with van der Waals surface area (Å²) >= 11 is 0. The van der Waals surface area contributed by atoms with Crippen molar-refractivity contribution in [1.29, 1.82) is 0 Å². The Kier molecular flexibility index (Phi) is 7.72. The van der Waals surface area contributed by atoms with Crippen molar-refractivity contribution in [2.75, 3.05) is 0 Å². The lowest BCUT2D eigenvalue weighted by molar-refractivity contribution is -0.123. The molecule has 0 fully saturated rings. The summed E-state index contributed by atoms with van der Waals surface area (Å²) in [5, 5.41) is 2.95. The Morgan fingerprint density at radius 1 is 1.21 bits per heavy atom. The molecule has 0 spiro atoms. The molecular weight excluding hydrogens is 260 g/mol. The zero-order valence-electron chi connectivity index (χ0n) is 12.1. The lowest BCUT2D eigenvalue weighted by Crippen LogP contribution is -2.44. The molecule has 3 N–H and O–H groups in total. The Morgan fingerprint density at radius 2 is 1.74 bits per heavy atom. The molecule has 0 aliphatic carbocycles. The average molecular weight is 285 g/mol. The maximum atomic E-state index is 11.9. The van der Waals surface area contributed by atoms with Crippen LogP contribution in [0, 0.1) is 5.92 Å². The van der Waals surface area contributed by atoms with Gasteiger partial charge in [0.1, 0.15) is 0 Å². The SMILES string of the molecule is CCc1ccc(C(C)NC(=O)C(N)C(C)C)cc1.Cl. The fraction of sp³-hybridized carbons (Fsp3) is 0.533. The van der Waals surface area contributed by atoms with Crippen LogP contribution in [0.4, 0.5) is 0 Å². The van der Waals surface area contributed by atoms with Crippen LogP contribution in [0.1, 0.15) is 44.9 Å². The number of benzene rings is 1. The van der Waals surface area contributed by atoms with E-state index in [0.29, 0.717) is 0 Å². The highest BCUT2D eigenvalue weighted by Crippen LogP contribution is 2.14. The number of hydrogen-bond acceptors (Lipinski definition) is 2. The van der Waals surface area contributed by atoms with Crippen molar-refractivity contribution in [1.82, 2.24) is 5.32 Å². The number of amides is 1. The fourth-order valence-electron chi connectivity index (χ4n) is 1.74. The number of carbonyl (C=O) groups is 1. The number of aryl methyl sites for hydroxylation is 1. The van der Waals surface area contributed by atoms with Crippen molar-refractivity contribution < 1.29 is 4.79 Å². The predicted octanol–water partition coefficient (Wildman–Crippen LogP) is 2.83. The maximum absolute atomic E-state index is 11.9. The van der Waals surface area contributed by atoms with E-state index in [1.807, 2.05) is 20.8 Å². The first kappa shape index (κ1) is 17.9. The second-order valence-electron chi connectivity index (χ2n) is 5.10. The van der Waals surface area contributed by atoms with Crippen LogP contribution in [-0.2, 0) is 11.2 Å². The van der Waals surface area contributed by atoms with Crippen LogP contribution in [0.3, 0.4) is 0 Å². The highest BCUT2D eigenvalue weighted by Gasteiger charge is 2.19. The normalized spacial score (nSPS) is 13.6. The molecule has 4 heteroatoms. The zero-order valence-corrected chi connectivity index (χ0v) is 13.0. The van der Waals surface area contributed by atoms with Gasteiger partial charge in [-0.3, -0.25) is 4.79 Å². The monoisotopic (exact) mass is 284 g/mol. The van der Waals surface area contributed by atoms with Crippen LogP contribution in [-0.4, -0.2) is 11.9 Å². The van der Waals surface area contributed by atoms with Crippen LogP contribution in [0.2, 0.25) is 0 Å². The number of nitrogens with two attached hydrogens (primary N) is 1. The summed E-state index contributed by atoms with van der Waals surface area (Å²) in [6, 6.07) is 7.87. The maximum Gasteiger partial charge on any atom is 0.237 e. The Balaban J connectivity index is 0.00000324. The molecule has 2 unspecified atom stereocenters. The van der Waals surface area contributed by atoms with Gasteiger partial charge in [-0.05, 0) is 30.4 Å². The van der Waals surface area contributed by atoms with E-state index in [1.165, 1.54) is 5.56 Å². The van der Waals surface area contributed by atoms with Crippen LogP contribution in [0.25, 0.3) is 0 Å². The van der Waals surface area contributed by atoms with E-state index in [9.17, 15) is 4.79 Å². The molecule has 0 radical (unpaired) electrons. The van der Waals surface area contributed by atoms with Crippen LogP contribution < -0.4 is 11.1 Å². The minimum atomic E-state index is -0.442. The van der Waals surface area contributed by atoms with Gasteiger partial charge in [0.05, 0.1) is 12.1 Å². The third-order valence-corrected chi connectivity index (χ3v) is 3.27. The van der Waals surface area contributed by atoms with E-state index in [0.717, 1.165) is 12.0 Å². The molecule has 1 amide bonds. The summed E-state index contributed by atoms with van der Waals surface area (Å²) < 4.78 is 0. The summed E-state index contributed by atoms with van der Waals surface area (Å²) in [6.45, 7) is 8.00. The highest BCUT2D eigenvalue weighted by molar-refractivity contribution is 5.85. The standard InChI is InChI=1S/C15H24N2O.ClH/c1-5-12-6-8-13(9-7-12)11(4)17-15(18)14(16)10(2)3;/h6-11,14H,5,16H2,1-4H3,(H,17,18);1H. The predicted molar refractivity (Wildman–Crippen MR) is 82.4 cm³/mol. The summed E-state index contributed by atoms with van der Waals surface area (Å²) in [6.07, 6.45) is 1.03. The van der Waals surface area contributed by atoms with Crippen molar-refractivity contribution in [2.45, 2.75) is 46.2 Å². The minimum Gasteiger partial charge on any atom is -0.348 e. The van der Waals surface area contributed by atoms with Crippen LogP contribution in [0.15, 0.2) is 24.3 Å². The molecule has 0 aliphatic rings. The van der Waals surface area contributed by atoms with Gasteiger partial charge >= 0.3 is 0 Å². The van der Waals surface area contributed by atoms with E-state index in [4.69, 9.17) is 5.73 Å². The second-order valence-corrected chi connectivity index (χ2v) is 5.10. The Hall–Kier alpha value is -1.06. The van der Waals surface area contributed by atoms with Gasteiger partial charge < -0.3 is 11.1 Å².